The van der Waals surface area contributed by atoms with Crippen LogP contribution >= 0.6 is 11.8 Å². The van der Waals surface area contributed by atoms with Gasteiger partial charge in [0.25, 0.3) is 0 Å². The molecule has 0 aliphatic carbocycles. The number of rotatable bonds is 7. The summed E-state index contributed by atoms with van der Waals surface area (Å²) in [4.78, 5) is 0. The maximum Gasteiger partial charge on any atom is 0.122 e. The number of benzene rings is 1. The molecule has 19 heavy (non-hydrogen) atoms. The fraction of sp³-hybridized carbons (Fsp3) is 0.333. The minimum atomic E-state index is 0.672. The zero-order valence-corrected chi connectivity index (χ0v) is 11.9. The van der Waals surface area contributed by atoms with Crippen molar-refractivity contribution < 1.29 is 9.15 Å². The first kappa shape index (κ1) is 14.0. The largest absolute Gasteiger partial charge is 0.496 e. The highest BCUT2D eigenvalue weighted by Crippen LogP contribution is 2.26. The van der Waals surface area contributed by atoms with E-state index in [0.717, 1.165) is 29.4 Å². The van der Waals surface area contributed by atoms with E-state index in [9.17, 15) is 0 Å². The molecule has 1 heterocycles. The molecule has 0 aliphatic rings. The smallest absolute Gasteiger partial charge is 0.122 e. The molecule has 102 valence electrons. The van der Waals surface area contributed by atoms with Crippen molar-refractivity contribution in [2.24, 2.45) is 5.73 Å². The van der Waals surface area contributed by atoms with E-state index < -0.39 is 0 Å². The van der Waals surface area contributed by atoms with Gasteiger partial charge >= 0.3 is 0 Å². The first-order valence-electron chi connectivity index (χ1n) is 6.29. The average Bonchev–Trinajstić information content (AvgIpc) is 2.93. The molecule has 2 N–H and O–H groups in total. The SMILES string of the molecule is COc1ccc(CCN)cc1CSCc1ccco1. The molecule has 0 saturated carbocycles. The van der Waals surface area contributed by atoms with Crippen LogP contribution in [0, 0.1) is 0 Å². The van der Waals surface area contributed by atoms with E-state index >= 15 is 0 Å². The van der Waals surface area contributed by atoms with Crippen LogP contribution in [0.4, 0.5) is 0 Å². The van der Waals surface area contributed by atoms with Crippen molar-refractivity contribution in [2.45, 2.75) is 17.9 Å². The number of hydrogen-bond donors (Lipinski definition) is 1. The average molecular weight is 277 g/mol. The van der Waals surface area contributed by atoms with Gasteiger partial charge in [-0.15, -0.1) is 11.8 Å². The highest BCUT2D eigenvalue weighted by atomic mass is 32.2. The summed E-state index contributed by atoms with van der Waals surface area (Å²) in [6.45, 7) is 0.672. The monoisotopic (exact) mass is 277 g/mol. The number of nitrogens with two attached hydrogens (primary N) is 1. The van der Waals surface area contributed by atoms with Crippen LogP contribution < -0.4 is 10.5 Å². The fourth-order valence-corrected chi connectivity index (χ4v) is 2.84. The third-order valence-electron chi connectivity index (χ3n) is 2.86. The summed E-state index contributed by atoms with van der Waals surface area (Å²) in [5.74, 6) is 3.72. The standard InChI is InChI=1S/C15H19NO2S/c1-17-15-5-4-12(6-7-16)9-13(15)10-19-11-14-3-2-8-18-14/h2-5,8-9H,6-7,10-11,16H2,1H3. The van der Waals surface area contributed by atoms with Gasteiger partial charge in [-0.1, -0.05) is 12.1 Å². The lowest BCUT2D eigenvalue weighted by Gasteiger charge is -2.10. The van der Waals surface area contributed by atoms with Crippen LogP contribution in [0.25, 0.3) is 0 Å². The molecule has 0 saturated heterocycles. The quantitative estimate of drug-likeness (QED) is 0.844. The number of ether oxygens (including phenoxy) is 1. The van der Waals surface area contributed by atoms with Gasteiger partial charge in [0.15, 0.2) is 0 Å². The van der Waals surface area contributed by atoms with E-state index in [4.69, 9.17) is 14.9 Å². The second kappa shape index (κ2) is 7.26. The van der Waals surface area contributed by atoms with Gasteiger partial charge in [-0.25, -0.2) is 0 Å². The first-order chi connectivity index (χ1) is 9.33. The minimum Gasteiger partial charge on any atom is -0.496 e. The van der Waals surface area contributed by atoms with Gasteiger partial charge < -0.3 is 14.9 Å². The third kappa shape index (κ3) is 4.04. The van der Waals surface area contributed by atoms with E-state index in [2.05, 4.69) is 12.1 Å². The van der Waals surface area contributed by atoms with Gasteiger partial charge in [-0.3, -0.25) is 0 Å². The predicted octanol–water partition coefficient (Wildman–Crippen LogP) is 3.22. The van der Waals surface area contributed by atoms with Crippen LogP contribution in [0.3, 0.4) is 0 Å². The van der Waals surface area contributed by atoms with E-state index in [0.29, 0.717) is 6.54 Å². The lowest BCUT2D eigenvalue weighted by molar-refractivity contribution is 0.411. The van der Waals surface area contributed by atoms with Crippen LogP contribution in [-0.4, -0.2) is 13.7 Å². The van der Waals surface area contributed by atoms with Gasteiger partial charge in [-0.05, 0) is 36.7 Å². The lowest BCUT2D eigenvalue weighted by Crippen LogP contribution is -2.03. The molecule has 3 nitrogen and oxygen atoms in total. The number of furan rings is 1. The highest BCUT2D eigenvalue weighted by molar-refractivity contribution is 7.97. The summed E-state index contributed by atoms with van der Waals surface area (Å²) in [7, 11) is 1.71. The summed E-state index contributed by atoms with van der Waals surface area (Å²) >= 11 is 1.82. The Hall–Kier alpha value is -1.39. The van der Waals surface area contributed by atoms with Crippen molar-refractivity contribution in [3.8, 4) is 5.75 Å². The Morgan fingerprint density at radius 1 is 1.26 bits per heavy atom. The van der Waals surface area contributed by atoms with Gasteiger partial charge in [0.1, 0.15) is 11.5 Å². The molecular weight excluding hydrogens is 258 g/mol. The van der Waals surface area contributed by atoms with Crippen LogP contribution in [-0.2, 0) is 17.9 Å². The fourth-order valence-electron chi connectivity index (χ4n) is 1.92. The summed E-state index contributed by atoms with van der Waals surface area (Å²) < 4.78 is 10.7. The van der Waals surface area contributed by atoms with E-state index in [1.165, 1.54) is 11.1 Å². The summed E-state index contributed by atoms with van der Waals surface area (Å²) in [5, 5.41) is 0. The molecule has 4 heteroatoms. The summed E-state index contributed by atoms with van der Waals surface area (Å²) in [6, 6.07) is 10.2. The first-order valence-corrected chi connectivity index (χ1v) is 7.45. The molecule has 0 amide bonds. The summed E-state index contributed by atoms with van der Waals surface area (Å²) in [5.41, 5.74) is 8.07. The Morgan fingerprint density at radius 2 is 2.16 bits per heavy atom. The van der Waals surface area contributed by atoms with Crippen LogP contribution in [0.2, 0.25) is 0 Å². The molecule has 0 bridgehead atoms. The summed E-state index contributed by atoms with van der Waals surface area (Å²) in [6.07, 6.45) is 2.61. The minimum absolute atomic E-state index is 0.672. The third-order valence-corrected chi connectivity index (χ3v) is 3.86. The zero-order valence-electron chi connectivity index (χ0n) is 11.1. The molecule has 1 aromatic heterocycles. The molecule has 2 aromatic rings. The zero-order chi connectivity index (χ0) is 13.5. The van der Waals surface area contributed by atoms with Gasteiger partial charge in [0, 0.05) is 11.3 Å². The predicted molar refractivity (Wildman–Crippen MR) is 79.5 cm³/mol. The molecule has 0 radical (unpaired) electrons. The van der Waals surface area contributed by atoms with E-state index in [-0.39, 0.29) is 0 Å². The van der Waals surface area contributed by atoms with Crippen molar-refractivity contribution in [1.29, 1.82) is 0 Å². The van der Waals surface area contributed by atoms with Crippen LogP contribution in [0.15, 0.2) is 41.0 Å². The molecule has 1 aromatic carbocycles. The molecule has 0 spiro atoms. The normalized spacial score (nSPS) is 10.6. The van der Waals surface area contributed by atoms with Gasteiger partial charge in [0.2, 0.25) is 0 Å². The topological polar surface area (TPSA) is 48.4 Å². The number of methoxy groups -OCH3 is 1. The second-order valence-electron chi connectivity index (χ2n) is 4.26. The Morgan fingerprint density at radius 3 is 2.84 bits per heavy atom. The molecular formula is C15H19NO2S. The Balaban J connectivity index is 1.98. The van der Waals surface area contributed by atoms with Crippen molar-refractivity contribution >= 4 is 11.8 Å². The van der Waals surface area contributed by atoms with Crippen molar-refractivity contribution in [1.82, 2.24) is 0 Å². The van der Waals surface area contributed by atoms with Crippen molar-refractivity contribution in [3.63, 3.8) is 0 Å². The van der Waals surface area contributed by atoms with Crippen molar-refractivity contribution in [3.05, 3.63) is 53.5 Å². The van der Waals surface area contributed by atoms with Crippen molar-refractivity contribution in [2.75, 3.05) is 13.7 Å². The molecule has 0 atom stereocenters. The maximum absolute atomic E-state index is 5.60. The van der Waals surface area contributed by atoms with E-state index in [1.54, 1.807) is 13.4 Å². The van der Waals surface area contributed by atoms with Gasteiger partial charge in [0.05, 0.1) is 19.1 Å². The van der Waals surface area contributed by atoms with Crippen LogP contribution in [0.1, 0.15) is 16.9 Å². The molecule has 0 aliphatic heterocycles. The lowest BCUT2D eigenvalue weighted by atomic mass is 10.1. The molecule has 0 unspecified atom stereocenters. The van der Waals surface area contributed by atoms with Gasteiger partial charge in [-0.2, -0.15) is 0 Å². The Labute approximate surface area is 118 Å². The Kier molecular flexibility index (Phi) is 5.36. The van der Waals surface area contributed by atoms with E-state index in [1.807, 2.05) is 30.0 Å². The highest BCUT2D eigenvalue weighted by Gasteiger charge is 2.05. The molecule has 0 fully saturated rings. The Bertz CT molecular complexity index is 497. The second-order valence-corrected chi connectivity index (χ2v) is 5.24. The number of thioether (sulfide) groups is 1. The van der Waals surface area contributed by atoms with Crippen LogP contribution in [0.5, 0.6) is 5.75 Å². The molecule has 2 rings (SSSR count). The number of hydrogen-bond acceptors (Lipinski definition) is 4. The maximum atomic E-state index is 5.60.